The zero-order valence-corrected chi connectivity index (χ0v) is 9.88. The minimum atomic E-state index is -0.460. The van der Waals surface area contributed by atoms with E-state index in [2.05, 4.69) is 23.3 Å². The van der Waals surface area contributed by atoms with E-state index in [4.69, 9.17) is 0 Å². The van der Waals surface area contributed by atoms with Crippen molar-refractivity contribution in [2.45, 2.75) is 37.8 Å². The molecule has 0 aliphatic carbocycles. The number of nitrogens with zero attached hydrogens (tertiary/aromatic N) is 2. The topological polar surface area (TPSA) is 59.3 Å². The summed E-state index contributed by atoms with van der Waals surface area (Å²) in [7, 11) is 2.07. The lowest BCUT2D eigenvalue weighted by molar-refractivity contribution is 0.121. The van der Waals surface area contributed by atoms with E-state index in [9.17, 15) is 10.4 Å². The normalized spacial score (nSPS) is 22.3. The summed E-state index contributed by atoms with van der Waals surface area (Å²) in [4.78, 5) is 2.23. The van der Waals surface area contributed by atoms with Crippen molar-refractivity contribution in [1.29, 1.82) is 5.26 Å². The highest BCUT2D eigenvalue weighted by molar-refractivity contribution is 5.11. The third-order valence-corrected chi connectivity index (χ3v) is 3.03. The average molecular weight is 211 g/mol. The summed E-state index contributed by atoms with van der Waals surface area (Å²) in [6.07, 6.45) is 1.65. The van der Waals surface area contributed by atoms with Crippen LogP contribution in [0.3, 0.4) is 0 Å². The van der Waals surface area contributed by atoms with E-state index in [-0.39, 0.29) is 12.1 Å². The number of piperidine rings is 1. The van der Waals surface area contributed by atoms with Crippen molar-refractivity contribution in [3.05, 3.63) is 0 Å². The van der Waals surface area contributed by atoms with E-state index in [1.165, 1.54) is 0 Å². The number of rotatable bonds is 3. The molecule has 15 heavy (non-hydrogen) atoms. The van der Waals surface area contributed by atoms with Gasteiger partial charge in [0.2, 0.25) is 0 Å². The van der Waals surface area contributed by atoms with Crippen LogP contribution >= 0.6 is 0 Å². The molecule has 0 atom stereocenters. The van der Waals surface area contributed by atoms with Crippen molar-refractivity contribution in [2.24, 2.45) is 0 Å². The molecule has 1 rings (SSSR count). The number of aliphatic hydroxyl groups excluding tert-OH is 1. The molecule has 0 amide bonds. The fourth-order valence-electron chi connectivity index (χ4n) is 1.95. The first kappa shape index (κ1) is 12.4. The summed E-state index contributed by atoms with van der Waals surface area (Å²) in [5.41, 5.74) is -0.843. The summed E-state index contributed by atoms with van der Waals surface area (Å²) in [6.45, 7) is 5.76. The maximum absolute atomic E-state index is 9.27. The number of nitriles is 1. The minimum Gasteiger partial charge on any atom is -0.394 e. The first-order valence-electron chi connectivity index (χ1n) is 5.43. The lowest BCUT2D eigenvalue weighted by Gasteiger charge is -2.41. The highest BCUT2D eigenvalue weighted by atomic mass is 16.3. The van der Waals surface area contributed by atoms with Crippen molar-refractivity contribution in [3.8, 4) is 6.07 Å². The van der Waals surface area contributed by atoms with Gasteiger partial charge < -0.3 is 10.0 Å². The number of hydrogen-bond acceptors (Lipinski definition) is 4. The standard InChI is InChI=1S/C11H21N3O/c1-10(2,9-15)13-11(8-12)4-6-14(3)7-5-11/h13,15H,4-7,9H2,1-3H3. The minimum absolute atomic E-state index is 0.0479. The molecular formula is C11H21N3O. The molecule has 0 aromatic carbocycles. The molecule has 1 aliphatic rings. The molecule has 4 heteroatoms. The summed E-state index contributed by atoms with van der Waals surface area (Å²) >= 11 is 0. The molecule has 1 heterocycles. The highest BCUT2D eigenvalue weighted by Crippen LogP contribution is 2.23. The first-order valence-corrected chi connectivity index (χ1v) is 5.43. The van der Waals surface area contributed by atoms with Crippen molar-refractivity contribution < 1.29 is 5.11 Å². The molecule has 1 fully saturated rings. The largest absolute Gasteiger partial charge is 0.394 e. The SMILES string of the molecule is CN1CCC(C#N)(NC(C)(C)CO)CC1. The van der Waals surface area contributed by atoms with E-state index in [1.807, 2.05) is 13.8 Å². The smallest absolute Gasteiger partial charge is 0.109 e. The molecule has 4 nitrogen and oxygen atoms in total. The fraction of sp³-hybridized carbons (Fsp3) is 0.909. The monoisotopic (exact) mass is 211 g/mol. The van der Waals surface area contributed by atoms with Gasteiger partial charge in [0.1, 0.15) is 5.54 Å². The van der Waals surface area contributed by atoms with Crippen LogP contribution in [0.4, 0.5) is 0 Å². The van der Waals surface area contributed by atoms with Gasteiger partial charge in [-0.05, 0) is 33.7 Å². The molecule has 1 aliphatic heterocycles. The van der Waals surface area contributed by atoms with E-state index in [0.717, 1.165) is 25.9 Å². The van der Waals surface area contributed by atoms with Crippen LogP contribution in [-0.2, 0) is 0 Å². The summed E-state index contributed by atoms with van der Waals surface area (Å²) in [5.74, 6) is 0. The molecule has 0 radical (unpaired) electrons. The van der Waals surface area contributed by atoms with Gasteiger partial charge >= 0.3 is 0 Å². The maximum atomic E-state index is 9.27. The molecule has 0 spiro atoms. The summed E-state index contributed by atoms with van der Waals surface area (Å²) < 4.78 is 0. The first-order chi connectivity index (χ1) is 6.93. The second-order valence-electron chi connectivity index (χ2n) is 5.16. The van der Waals surface area contributed by atoms with Crippen LogP contribution < -0.4 is 5.32 Å². The highest BCUT2D eigenvalue weighted by Gasteiger charge is 2.37. The van der Waals surface area contributed by atoms with Gasteiger partial charge in [-0.2, -0.15) is 5.26 Å². The van der Waals surface area contributed by atoms with E-state index >= 15 is 0 Å². The van der Waals surface area contributed by atoms with Gasteiger partial charge in [0.05, 0.1) is 12.7 Å². The Morgan fingerprint density at radius 2 is 2.00 bits per heavy atom. The van der Waals surface area contributed by atoms with E-state index in [0.29, 0.717) is 0 Å². The fourth-order valence-corrected chi connectivity index (χ4v) is 1.95. The zero-order valence-electron chi connectivity index (χ0n) is 9.88. The molecule has 0 aromatic heterocycles. The number of nitrogens with one attached hydrogen (secondary N) is 1. The Bertz CT molecular complexity index is 249. The quantitative estimate of drug-likeness (QED) is 0.706. The molecule has 0 saturated carbocycles. The Balaban J connectivity index is 2.67. The average Bonchev–Trinajstić information content (AvgIpc) is 2.22. The van der Waals surface area contributed by atoms with E-state index < -0.39 is 5.54 Å². The van der Waals surface area contributed by atoms with Crippen LogP contribution in [0.25, 0.3) is 0 Å². The summed E-state index contributed by atoms with van der Waals surface area (Å²) in [6, 6.07) is 2.38. The predicted molar refractivity (Wildman–Crippen MR) is 59.4 cm³/mol. The molecule has 86 valence electrons. The van der Waals surface area contributed by atoms with Crippen molar-refractivity contribution in [3.63, 3.8) is 0 Å². The third-order valence-electron chi connectivity index (χ3n) is 3.03. The zero-order chi connectivity index (χ0) is 11.5. The Morgan fingerprint density at radius 3 is 2.40 bits per heavy atom. The molecule has 0 aromatic rings. The Kier molecular flexibility index (Phi) is 3.72. The van der Waals surface area contributed by atoms with Gasteiger partial charge in [0.25, 0.3) is 0 Å². The lowest BCUT2D eigenvalue weighted by Crippen LogP contribution is -2.60. The molecule has 0 bridgehead atoms. The number of hydrogen-bond donors (Lipinski definition) is 2. The van der Waals surface area contributed by atoms with Crippen LogP contribution in [0.5, 0.6) is 0 Å². The van der Waals surface area contributed by atoms with Gasteiger partial charge in [0, 0.05) is 18.6 Å². The Morgan fingerprint density at radius 1 is 1.47 bits per heavy atom. The summed E-state index contributed by atoms with van der Waals surface area (Å²) in [5, 5.41) is 21.8. The lowest BCUT2D eigenvalue weighted by atomic mass is 9.86. The Hall–Kier alpha value is -0.630. The van der Waals surface area contributed by atoms with Crippen LogP contribution in [0.2, 0.25) is 0 Å². The third kappa shape index (κ3) is 3.16. The predicted octanol–water partition coefficient (Wildman–Crippen LogP) is 0.335. The molecule has 2 N–H and O–H groups in total. The van der Waals surface area contributed by atoms with Crippen LogP contribution in [0.1, 0.15) is 26.7 Å². The second kappa shape index (κ2) is 4.48. The molecular weight excluding hydrogens is 190 g/mol. The second-order valence-corrected chi connectivity index (χ2v) is 5.16. The molecule has 1 saturated heterocycles. The molecule has 0 unspecified atom stereocenters. The van der Waals surface area contributed by atoms with Gasteiger partial charge in [-0.3, -0.25) is 5.32 Å². The van der Waals surface area contributed by atoms with Gasteiger partial charge in [-0.25, -0.2) is 0 Å². The van der Waals surface area contributed by atoms with Crippen molar-refractivity contribution in [1.82, 2.24) is 10.2 Å². The van der Waals surface area contributed by atoms with Crippen LogP contribution in [-0.4, -0.2) is 47.8 Å². The van der Waals surface area contributed by atoms with Crippen LogP contribution in [0.15, 0.2) is 0 Å². The van der Waals surface area contributed by atoms with Gasteiger partial charge in [-0.1, -0.05) is 0 Å². The van der Waals surface area contributed by atoms with Gasteiger partial charge in [-0.15, -0.1) is 0 Å². The van der Waals surface area contributed by atoms with Crippen LogP contribution in [0, 0.1) is 11.3 Å². The number of likely N-dealkylation sites (tertiary alicyclic amines) is 1. The van der Waals surface area contributed by atoms with Gasteiger partial charge in [0.15, 0.2) is 0 Å². The van der Waals surface area contributed by atoms with Crippen molar-refractivity contribution >= 4 is 0 Å². The maximum Gasteiger partial charge on any atom is 0.109 e. The Labute approximate surface area is 91.9 Å². The van der Waals surface area contributed by atoms with E-state index in [1.54, 1.807) is 0 Å². The number of aliphatic hydroxyl groups is 1. The van der Waals surface area contributed by atoms with Crippen molar-refractivity contribution in [2.75, 3.05) is 26.7 Å².